The van der Waals surface area contributed by atoms with E-state index in [1.807, 2.05) is 6.92 Å². The van der Waals surface area contributed by atoms with Gasteiger partial charge in [-0.15, -0.1) is 0 Å². The summed E-state index contributed by atoms with van der Waals surface area (Å²) >= 11 is 0. The number of carbonyl (C=O) groups is 2. The van der Waals surface area contributed by atoms with Crippen LogP contribution in [-0.4, -0.2) is 45.7 Å². The number of hydrogen-bond donors (Lipinski definition) is 2. The van der Waals surface area contributed by atoms with Gasteiger partial charge in [-0.1, -0.05) is 0 Å². The summed E-state index contributed by atoms with van der Waals surface area (Å²) < 4.78 is 0. The zero-order valence-electron chi connectivity index (χ0n) is 7.43. The fourth-order valence-corrected chi connectivity index (χ4v) is 1.38. The lowest BCUT2D eigenvalue weighted by atomic mass is 10.1. The molecule has 0 radical (unpaired) electrons. The SMILES string of the molecule is CC1CN1[C@@H](CCC(=O)O)C(=O)O. The van der Waals surface area contributed by atoms with Crippen molar-refractivity contribution in [3.63, 3.8) is 0 Å². The summed E-state index contributed by atoms with van der Waals surface area (Å²) in [5.41, 5.74) is 0. The topological polar surface area (TPSA) is 77.6 Å². The minimum atomic E-state index is -0.944. The van der Waals surface area contributed by atoms with Crippen LogP contribution in [0.25, 0.3) is 0 Å². The minimum absolute atomic E-state index is 0.0831. The molecule has 2 N–H and O–H groups in total. The van der Waals surface area contributed by atoms with Gasteiger partial charge in [0.1, 0.15) is 6.04 Å². The largest absolute Gasteiger partial charge is 0.481 e. The van der Waals surface area contributed by atoms with E-state index in [1.165, 1.54) is 0 Å². The molecule has 1 fully saturated rings. The van der Waals surface area contributed by atoms with Crippen LogP contribution in [0.4, 0.5) is 0 Å². The Morgan fingerprint density at radius 1 is 1.54 bits per heavy atom. The van der Waals surface area contributed by atoms with E-state index in [1.54, 1.807) is 4.90 Å². The molecule has 13 heavy (non-hydrogen) atoms. The average Bonchev–Trinajstić information content (AvgIpc) is 2.66. The molecule has 0 aromatic rings. The van der Waals surface area contributed by atoms with Crippen molar-refractivity contribution >= 4 is 11.9 Å². The van der Waals surface area contributed by atoms with E-state index in [0.29, 0.717) is 0 Å². The number of carboxylic acids is 2. The highest BCUT2D eigenvalue weighted by atomic mass is 16.4. The van der Waals surface area contributed by atoms with Crippen molar-refractivity contribution < 1.29 is 19.8 Å². The lowest BCUT2D eigenvalue weighted by molar-refractivity contribution is -0.142. The second-order valence-corrected chi connectivity index (χ2v) is 3.33. The van der Waals surface area contributed by atoms with Gasteiger partial charge in [-0.25, -0.2) is 0 Å². The molecular weight excluding hydrogens is 174 g/mol. The molecule has 1 aliphatic rings. The fourth-order valence-electron chi connectivity index (χ4n) is 1.38. The molecule has 1 saturated heterocycles. The molecular formula is C8H13NO4. The molecule has 0 spiro atoms. The second kappa shape index (κ2) is 3.74. The van der Waals surface area contributed by atoms with Crippen molar-refractivity contribution in [3.05, 3.63) is 0 Å². The third kappa shape index (κ3) is 2.69. The van der Waals surface area contributed by atoms with Crippen LogP contribution in [-0.2, 0) is 9.59 Å². The van der Waals surface area contributed by atoms with Gasteiger partial charge in [0.2, 0.25) is 0 Å². The van der Waals surface area contributed by atoms with Gasteiger partial charge in [0.15, 0.2) is 0 Å². The Balaban J connectivity index is 2.39. The Morgan fingerprint density at radius 3 is 2.38 bits per heavy atom. The van der Waals surface area contributed by atoms with Gasteiger partial charge in [-0.3, -0.25) is 14.5 Å². The van der Waals surface area contributed by atoms with Crippen LogP contribution in [0.2, 0.25) is 0 Å². The molecule has 3 atom stereocenters. The molecule has 5 nitrogen and oxygen atoms in total. The predicted molar refractivity (Wildman–Crippen MR) is 44.5 cm³/mol. The van der Waals surface area contributed by atoms with Gasteiger partial charge < -0.3 is 10.2 Å². The van der Waals surface area contributed by atoms with Gasteiger partial charge >= 0.3 is 11.9 Å². The molecule has 0 aliphatic carbocycles. The summed E-state index contributed by atoms with van der Waals surface area (Å²) in [5, 5.41) is 17.2. The highest BCUT2D eigenvalue weighted by Crippen LogP contribution is 2.23. The maximum absolute atomic E-state index is 10.7. The highest BCUT2D eigenvalue weighted by Gasteiger charge is 2.39. The minimum Gasteiger partial charge on any atom is -0.481 e. The van der Waals surface area contributed by atoms with Gasteiger partial charge in [-0.05, 0) is 13.3 Å². The molecule has 1 aliphatic heterocycles. The smallest absolute Gasteiger partial charge is 0.320 e. The van der Waals surface area contributed by atoms with Crippen LogP contribution in [0.3, 0.4) is 0 Å². The maximum atomic E-state index is 10.7. The maximum Gasteiger partial charge on any atom is 0.320 e. The van der Waals surface area contributed by atoms with Crippen molar-refractivity contribution in [1.82, 2.24) is 4.90 Å². The van der Waals surface area contributed by atoms with Crippen LogP contribution in [0.15, 0.2) is 0 Å². The van der Waals surface area contributed by atoms with Crippen molar-refractivity contribution in [2.24, 2.45) is 0 Å². The molecule has 1 rings (SSSR count). The molecule has 0 aromatic heterocycles. The molecule has 0 saturated carbocycles. The number of rotatable bonds is 5. The van der Waals surface area contributed by atoms with Crippen LogP contribution in [0.1, 0.15) is 19.8 Å². The Morgan fingerprint density at radius 2 is 2.08 bits per heavy atom. The zero-order valence-corrected chi connectivity index (χ0v) is 7.43. The van der Waals surface area contributed by atoms with Crippen LogP contribution < -0.4 is 0 Å². The quantitative estimate of drug-likeness (QED) is 0.593. The highest BCUT2D eigenvalue weighted by molar-refractivity contribution is 5.75. The lowest BCUT2D eigenvalue weighted by Crippen LogP contribution is -2.30. The number of hydrogen-bond acceptors (Lipinski definition) is 3. The summed E-state index contributed by atoms with van der Waals surface area (Å²) in [4.78, 5) is 22.7. The molecule has 1 heterocycles. The zero-order chi connectivity index (χ0) is 10.0. The third-order valence-electron chi connectivity index (χ3n) is 2.22. The van der Waals surface area contributed by atoms with E-state index in [9.17, 15) is 9.59 Å². The molecule has 74 valence electrons. The lowest BCUT2D eigenvalue weighted by Gasteiger charge is -2.12. The Labute approximate surface area is 76.0 Å². The Hall–Kier alpha value is -1.10. The summed E-state index contributed by atoms with van der Waals surface area (Å²) in [6.45, 7) is 2.69. The summed E-state index contributed by atoms with van der Waals surface area (Å²) in [6, 6.07) is -0.332. The van der Waals surface area contributed by atoms with E-state index in [-0.39, 0.29) is 18.9 Å². The average molecular weight is 187 g/mol. The van der Waals surface area contributed by atoms with Crippen molar-refractivity contribution in [2.45, 2.75) is 31.8 Å². The Bertz CT molecular complexity index is 228. The molecule has 0 aromatic carbocycles. The van der Waals surface area contributed by atoms with Gasteiger partial charge in [0.25, 0.3) is 0 Å². The third-order valence-corrected chi connectivity index (χ3v) is 2.22. The normalized spacial score (nSPS) is 28.1. The predicted octanol–water partition coefficient (Wildman–Crippen LogP) is 0.00850. The molecule has 5 heteroatoms. The van der Waals surface area contributed by atoms with Crippen LogP contribution in [0, 0.1) is 0 Å². The molecule has 0 bridgehead atoms. The molecule has 0 amide bonds. The van der Waals surface area contributed by atoms with Crippen LogP contribution >= 0.6 is 0 Å². The van der Waals surface area contributed by atoms with E-state index < -0.39 is 18.0 Å². The van der Waals surface area contributed by atoms with Gasteiger partial charge in [0.05, 0.1) is 0 Å². The van der Waals surface area contributed by atoms with Crippen molar-refractivity contribution in [3.8, 4) is 0 Å². The van der Waals surface area contributed by atoms with E-state index in [2.05, 4.69) is 0 Å². The fraction of sp³-hybridized carbons (Fsp3) is 0.750. The Kier molecular flexibility index (Phi) is 2.87. The van der Waals surface area contributed by atoms with E-state index in [0.717, 1.165) is 6.54 Å². The number of aliphatic carboxylic acids is 2. The molecule has 2 unspecified atom stereocenters. The second-order valence-electron chi connectivity index (χ2n) is 3.33. The monoisotopic (exact) mass is 187 g/mol. The first-order chi connectivity index (χ1) is 6.02. The number of carboxylic acid groups (broad SMARTS) is 2. The van der Waals surface area contributed by atoms with Crippen molar-refractivity contribution in [1.29, 1.82) is 0 Å². The summed E-state index contributed by atoms with van der Waals surface area (Å²) in [7, 11) is 0. The number of nitrogens with zero attached hydrogens (tertiary/aromatic N) is 1. The first-order valence-electron chi connectivity index (χ1n) is 4.22. The summed E-state index contributed by atoms with van der Waals surface area (Å²) in [6.07, 6.45) is 0.106. The first-order valence-corrected chi connectivity index (χ1v) is 4.22. The van der Waals surface area contributed by atoms with Crippen LogP contribution in [0.5, 0.6) is 0 Å². The van der Waals surface area contributed by atoms with Gasteiger partial charge in [-0.2, -0.15) is 0 Å². The summed E-state index contributed by atoms with van der Waals surface area (Å²) in [5.74, 6) is -1.87. The standard InChI is InChI=1S/C8H13NO4/c1-5-4-9(5)6(8(12)13)2-3-7(10)11/h5-6H,2-4H2,1H3,(H,10,11)(H,12,13)/t5?,6-,9?/m0/s1. The van der Waals surface area contributed by atoms with Crippen molar-refractivity contribution in [2.75, 3.05) is 6.54 Å². The van der Waals surface area contributed by atoms with E-state index in [4.69, 9.17) is 10.2 Å². The van der Waals surface area contributed by atoms with E-state index >= 15 is 0 Å². The first kappa shape index (κ1) is 9.98. The van der Waals surface area contributed by atoms with Gasteiger partial charge in [0, 0.05) is 19.0 Å².